The molecule has 1 saturated carbocycles. The Hall–Kier alpha value is -1.59. The quantitative estimate of drug-likeness (QED) is 0.803. The van der Waals surface area contributed by atoms with Crippen LogP contribution in [0.4, 0.5) is 0 Å². The topological polar surface area (TPSA) is 86.7 Å². The summed E-state index contributed by atoms with van der Waals surface area (Å²) in [7, 11) is 0. The maximum Gasteiger partial charge on any atom is 0.329 e. The van der Waals surface area contributed by atoms with E-state index in [1.165, 1.54) is 0 Å². The summed E-state index contributed by atoms with van der Waals surface area (Å²) in [6, 6.07) is 0. The fraction of sp³-hybridized carbons (Fsp3) is 0.812. The molecule has 1 saturated heterocycles. The van der Waals surface area contributed by atoms with Crippen LogP contribution in [0.1, 0.15) is 52.4 Å². The van der Waals surface area contributed by atoms with Crippen LogP contribution in [0.2, 0.25) is 0 Å². The molecule has 1 heterocycles. The normalized spacial score (nSPS) is 24.6. The first-order valence-electron chi connectivity index (χ1n) is 8.17. The van der Waals surface area contributed by atoms with E-state index >= 15 is 0 Å². The van der Waals surface area contributed by atoms with Gasteiger partial charge in [-0.05, 0) is 18.8 Å². The third-order valence-corrected chi connectivity index (χ3v) is 4.65. The highest BCUT2D eigenvalue weighted by molar-refractivity contribution is 5.92. The minimum Gasteiger partial charge on any atom is -0.480 e. The Balaban J connectivity index is 1.99. The average molecular weight is 310 g/mol. The molecule has 0 spiro atoms. The lowest BCUT2D eigenvalue weighted by atomic mass is 9.81. The first-order valence-corrected chi connectivity index (χ1v) is 8.17. The molecule has 22 heavy (non-hydrogen) atoms. The fourth-order valence-corrected chi connectivity index (χ4v) is 3.45. The first-order chi connectivity index (χ1) is 10.3. The molecule has 124 valence electrons. The zero-order valence-corrected chi connectivity index (χ0v) is 13.4. The summed E-state index contributed by atoms with van der Waals surface area (Å²) >= 11 is 0. The van der Waals surface area contributed by atoms with Gasteiger partial charge < -0.3 is 15.3 Å². The number of hydrogen-bond donors (Lipinski definition) is 2. The number of carbonyl (C=O) groups is 3. The first kappa shape index (κ1) is 16.8. The number of aliphatic carboxylic acids is 1. The Morgan fingerprint density at radius 3 is 2.50 bits per heavy atom. The van der Waals surface area contributed by atoms with Crippen molar-refractivity contribution in [3.05, 3.63) is 0 Å². The van der Waals surface area contributed by atoms with Gasteiger partial charge in [0.25, 0.3) is 0 Å². The van der Waals surface area contributed by atoms with Crippen molar-refractivity contribution in [1.82, 2.24) is 10.2 Å². The molecule has 1 aliphatic heterocycles. The smallest absolute Gasteiger partial charge is 0.329 e. The van der Waals surface area contributed by atoms with Crippen molar-refractivity contribution in [1.29, 1.82) is 0 Å². The number of carboxylic acid groups (broad SMARTS) is 1. The molecule has 2 amide bonds. The van der Waals surface area contributed by atoms with Crippen LogP contribution in [0.15, 0.2) is 0 Å². The SMILES string of the molecule is CC(C)CN1C[C@@H](C(=O)NC2(C(=O)O)CCCCC2)CC1=O. The Bertz CT molecular complexity index is 455. The van der Waals surface area contributed by atoms with Crippen LogP contribution in [0.25, 0.3) is 0 Å². The van der Waals surface area contributed by atoms with Crippen LogP contribution >= 0.6 is 0 Å². The van der Waals surface area contributed by atoms with Crippen LogP contribution in [0, 0.1) is 11.8 Å². The summed E-state index contributed by atoms with van der Waals surface area (Å²) in [4.78, 5) is 37.7. The molecule has 6 heteroatoms. The largest absolute Gasteiger partial charge is 0.480 e. The van der Waals surface area contributed by atoms with Gasteiger partial charge in [-0.15, -0.1) is 0 Å². The number of carbonyl (C=O) groups excluding carboxylic acids is 2. The molecule has 2 rings (SSSR count). The summed E-state index contributed by atoms with van der Waals surface area (Å²) in [5.74, 6) is -1.33. The molecular weight excluding hydrogens is 284 g/mol. The van der Waals surface area contributed by atoms with Crippen LogP contribution in [-0.4, -0.2) is 46.4 Å². The number of carboxylic acids is 1. The number of amides is 2. The predicted octanol–water partition coefficient (Wildman–Crippen LogP) is 1.39. The van der Waals surface area contributed by atoms with E-state index in [0.717, 1.165) is 19.3 Å². The van der Waals surface area contributed by atoms with Crippen molar-refractivity contribution in [3.8, 4) is 0 Å². The van der Waals surface area contributed by atoms with Gasteiger partial charge in [0, 0.05) is 19.5 Å². The Kier molecular flexibility index (Phi) is 5.08. The molecule has 2 N–H and O–H groups in total. The molecule has 0 aromatic rings. The van der Waals surface area contributed by atoms with E-state index in [-0.39, 0.29) is 18.2 Å². The zero-order chi connectivity index (χ0) is 16.3. The van der Waals surface area contributed by atoms with E-state index in [9.17, 15) is 19.5 Å². The van der Waals surface area contributed by atoms with Crippen LogP contribution < -0.4 is 5.32 Å². The van der Waals surface area contributed by atoms with Crippen LogP contribution in [-0.2, 0) is 14.4 Å². The van der Waals surface area contributed by atoms with E-state index in [0.29, 0.717) is 31.8 Å². The average Bonchev–Trinajstić information content (AvgIpc) is 2.80. The second-order valence-electron chi connectivity index (χ2n) is 7.03. The van der Waals surface area contributed by atoms with Gasteiger partial charge in [0.05, 0.1) is 5.92 Å². The summed E-state index contributed by atoms with van der Waals surface area (Å²) in [6.45, 7) is 5.11. The summed E-state index contributed by atoms with van der Waals surface area (Å²) in [6.07, 6.45) is 3.78. The summed E-state index contributed by atoms with van der Waals surface area (Å²) in [5.41, 5.74) is -1.14. The summed E-state index contributed by atoms with van der Waals surface area (Å²) < 4.78 is 0. The molecule has 2 fully saturated rings. The van der Waals surface area contributed by atoms with Crippen LogP contribution in [0.5, 0.6) is 0 Å². The molecule has 6 nitrogen and oxygen atoms in total. The highest BCUT2D eigenvalue weighted by Gasteiger charge is 2.44. The zero-order valence-electron chi connectivity index (χ0n) is 13.4. The highest BCUT2D eigenvalue weighted by atomic mass is 16.4. The second kappa shape index (κ2) is 6.67. The molecule has 0 bridgehead atoms. The molecule has 1 atom stereocenters. The molecule has 0 radical (unpaired) electrons. The number of rotatable bonds is 5. The van der Waals surface area contributed by atoms with Crippen molar-refractivity contribution < 1.29 is 19.5 Å². The van der Waals surface area contributed by atoms with E-state index in [1.54, 1.807) is 4.90 Å². The standard InChI is InChI=1S/C16H26N2O4/c1-11(2)9-18-10-12(8-13(18)19)14(20)17-16(15(21)22)6-4-3-5-7-16/h11-12H,3-10H2,1-2H3,(H,17,20)(H,21,22)/t12-/m0/s1. The molecule has 0 aromatic heterocycles. The Morgan fingerprint density at radius 2 is 1.95 bits per heavy atom. The Labute approximate surface area is 131 Å². The molecule has 0 unspecified atom stereocenters. The number of nitrogens with one attached hydrogen (secondary N) is 1. The van der Waals surface area contributed by atoms with Gasteiger partial charge in [-0.1, -0.05) is 33.1 Å². The number of nitrogens with zero attached hydrogens (tertiary/aromatic N) is 1. The van der Waals surface area contributed by atoms with E-state index < -0.39 is 17.4 Å². The monoisotopic (exact) mass is 310 g/mol. The third kappa shape index (κ3) is 3.59. The molecule has 2 aliphatic rings. The van der Waals surface area contributed by atoms with Crippen molar-refractivity contribution >= 4 is 17.8 Å². The van der Waals surface area contributed by atoms with Gasteiger partial charge >= 0.3 is 5.97 Å². The number of likely N-dealkylation sites (tertiary alicyclic amines) is 1. The van der Waals surface area contributed by atoms with Gasteiger partial charge in [-0.2, -0.15) is 0 Å². The van der Waals surface area contributed by atoms with E-state index in [2.05, 4.69) is 5.32 Å². The maximum atomic E-state index is 12.4. The fourth-order valence-electron chi connectivity index (χ4n) is 3.45. The summed E-state index contributed by atoms with van der Waals surface area (Å²) in [5, 5.41) is 12.3. The van der Waals surface area contributed by atoms with Gasteiger partial charge in [0.15, 0.2) is 0 Å². The van der Waals surface area contributed by atoms with Gasteiger partial charge in [0.1, 0.15) is 5.54 Å². The van der Waals surface area contributed by atoms with E-state index in [4.69, 9.17) is 0 Å². The van der Waals surface area contributed by atoms with Crippen molar-refractivity contribution in [2.75, 3.05) is 13.1 Å². The molecular formula is C16H26N2O4. The van der Waals surface area contributed by atoms with Crippen molar-refractivity contribution in [2.45, 2.75) is 57.9 Å². The highest BCUT2D eigenvalue weighted by Crippen LogP contribution is 2.30. The van der Waals surface area contributed by atoms with Crippen LogP contribution in [0.3, 0.4) is 0 Å². The lowest BCUT2D eigenvalue weighted by Crippen LogP contribution is -2.57. The minimum atomic E-state index is -1.14. The predicted molar refractivity (Wildman–Crippen MR) is 81.1 cm³/mol. The van der Waals surface area contributed by atoms with Crippen molar-refractivity contribution in [3.63, 3.8) is 0 Å². The second-order valence-corrected chi connectivity index (χ2v) is 7.03. The third-order valence-electron chi connectivity index (χ3n) is 4.65. The molecule has 1 aliphatic carbocycles. The molecule has 0 aromatic carbocycles. The lowest BCUT2D eigenvalue weighted by Gasteiger charge is -2.34. The van der Waals surface area contributed by atoms with Gasteiger partial charge in [-0.3, -0.25) is 9.59 Å². The van der Waals surface area contributed by atoms with Crippen molar-refractivity contribution in [2.24, 2.45) is 11.8 Å². The van der Waals surface area contributed by atoms with Gasteiger partial charge in [-0.25, -0.2) is 4.79 Å². The number of hydrogen-bond acceptors (Lipinski definition) is 3. The van der Waals surface area contributed by atoms with Gasteiger partial charge in [0.2, 0.25) is 11.8 Å². The minimum absolute atomic E-state index is 0.0122. The van der Waals surface area contributed by atoms with E-state index in [1.807, 2.05) is 13.8 Å². The Morgan fingerprint density at radius 1 is 1.32 bits per heavy atom. The lowest BCUT2D eigenvalue weighted by molar-refractivity contribution is -0.150. The maximum absolute atomic E-state index is 12.4.